The molecule has 50 heavy (non-hydrogen) atoms. The van der Waals surface area contributed by atoms with Crippen molar-refractivity contribution in [2.24, 2.45) is 0 Å². The third-order valence-electron chi connectivity index (χ3n) is 9.40. The van der Waals surface area contributed by atoms with Gasteiger partial charge in [-0.15, -0.1) is 0 Å². The fraction of sp³-hybridized carbons (Fsp3) is 0. The fourth-order valence-electron chi connectivity index (χ4n) is 6.77. The summed E-state index contributed by atoms with van der Waals surface area (Å²) in [5.41, 5.74) is 15.0. The van der Waals surface area contributed by atoms with E-state index in [0.29, 0.717) is 0 Å². The van der Waals surface area contributed by atoms with Crippen LogP contribution in [0.25, 0.3) is 88.8 Å². The van der Waals surface area contributed by atoms with Crippen LogP contribution in [0.5, 0.6) is 0 Å². The van der Waals surface area contributed by atoms with Gasteiger partial charge in [-0.05, 0) is 69.3 Å². The van der Waals surface area contributed by atoms with E-state index in [0.717, 1.165) is 66.6 Å². The number of pyridine rings is 3. The number of para-hydroxylation sites is 1. The fourth-order valence-corrected chi connectivity index (χ4v) is 6.77. The molecular weight excluding hydrogens is 607 g/mol. The molecule has 0 unspecified atom stereocenters. The summed E-state index contributed by atoms with van der Waals surface area (Å²) in [6, 6.07) is 61.8. The van der Waals surface area contributed by atoms with Gasteiger partial charge in [-0.2, -0.15) is 0 Å². The van der Waals surface area contributed by atoms with Crippen LogP contribution in [0, 0.1) is 0 Å². The number of benzene rings is 6. The van der Waals surface area contributed by atoms with E-state index >= 15 is 0 Å². The van der Waals surface area contributed by atoms with Gasteiger partial charge in [0.15, 0.2) is 0 Å². The number of rotatable bonds is 6. The third kappa shape index (κ3) is 5.61. The van der Waals surface area contributed by atoms with Crippen LogP contribution < -0.4 is 0 Å². The second-order valence-corrected chi connectivity index (χ2v) is 12.5. The highest BCUT2D eigenvalue weighted by molar-refractivity contribution is 5.99. The van der Waals surface area contributed by atoms with Crippen LogP contribution in [0.2, 0.25) is 0 Å². The average Bonchev–Trinajstić information content (AvgIpc) is 3.21. The lowest BCUT2D eigenvalue weighted by Crippen LogP contribution is -1.93. The van der Waals surface area contributed by atoms with Crippen LogP contribution >= 0.6 is 0 Å². The molecule has 3 heterocycles. The summed E-state index contributed by atoms with van der Waals surface area (Å²) >= 11 is 0. The van der Waals surface area contributed by atoms with E-state index in [1.54, 1.807) is 0 Å². The largest absolute Gasteiger partial charge is 0.256 e. The van der Waals surface area contributed by atoms with Crippen LogP contribution in [-0.4, -0.2) is 15.0 Å². The molecule has 0 radical (unpaired) electrons. The van der Waals surface area contributed by atoms with Crippen LogP contribution in [0.3, 0.4) is 0 Å². The summed E-state index contributed by atoms with van der Waals surface area (Å²) in [5, 5.41) is 2.18. The molecule has 234 valence electrons. The van der Waals surface area contributed by atoms with E-state index in [-0.39, 0.29) is 0 Å². The Bertz CT molecular complexity index is 2590. The van der Waals surface area contributed by atoms with Gasteiger partial charge < -0.3 is 0 Å². The lowest BCUT2D eigenvalue weighted by Gasteiger charge is -2.13. The van der Waals surface area contributed by atoms with Gasteiger partial charge in [-0.3, -0.25) is 9.97 Å². The Morgan fingerprint density at radius 2 is 0.920 bits per heavy atom. The van der Waals surface area contributed by atoms with Crippen molar-refractivity contribution in [3.63, 3.8) is 0 Å². The Kier molecular flexibility index (Phi) is 7.49. The monoisotopic (exact) mass is 637 g/mol. The standard InChI is InChI=1S/C47H31N3/c1-3-9-32(10-4-1)34-16-18-36(19-17-34)39-24-27-45-43(29-39)42(30-46(50-45)37-22-20-35(21-23-37)33-11-5-2-6-12-33)40-25-26-44(49-31-40)41-15-7-13-38-14-8-28-48-47(38)41/h1-31H. The minimum absolute atomic E-state index is 0.896. The highest BCUT2D eigenvalue weighted by Crippen LogP contribution is 2.36. The van der Waals surface area contributed by atoms with Crippen LogP contribution in [-0.2, 0) is 0 Å². The summed E-state index contributed by atoms with van der Waals surface area (Å²) < 4.78 is 0. The molecule has 9 rings (SSSR count). The minimum atomic E-state index is 0.896. The first-order valence-corrected chi connectivity index (χ1v) is 16.8. The Balaban J connectivity index is 1.15. The van der Waals surface area contributed by atoms with E-state index in [2.05, 4.69) is 163 Å². The average molecular weight is 638 g/mol. The number of fused-ring (bicyclic) bond motifs is 2. The van der Waals surface area contributed by atoms with Crippen molar-refractivity contribution in [2.45, 2.75) is 0 Å². The predicted molar refractivity (Wildman–Crippen MR) is 207 cm³/mol. The van der Waals surface area contributed by atoms with Crippen LogP contribution in [0.1, 0.15) is 0 Å². The van der Waals surface area contributed by atoms with E-state index < -0.39 is 0 Å². The van der Waals surface area contributed by atoms with Gasteiger partial charge in [0.2, 0.25) is 0 Å². The summed E-state index contributed by atoms with van der Waals surface area (Å²) in [4.78, 5) is 14.8. The van der Waals surface area contributed by atoms with Crippen molar-refractivity contribution in [3.05, 3.63) is 188 Å². The minimum Gasteiger partial charge on any atom is -0.256 e. The smallest absolute Gasteiger partial charge is 0.0795 e. The molecule has 0 amide bonds. The molecule has 3 heteroatoms. The first kappa shape index (κ1) is 29.4. The van der Waals surface area contributed by atoms with E-state index in [1.165, 1.54) is 22.3 Å². The van der Waals surface area contributed by atoms with E-state index in [9.17, 15) is 0 Å². The first-order chi connectivity index (χ1) is 24.8. The number of hydrogen-bond acceptors (Lipinski definition) is 3. The molecule has 0 spiro atoms. The number of nitrogens with zero attached hydrogens (tertiary/aromatic N) is 3. The van der Waals surface area contributed by atoms with E-state index in [4.69, 9.17) is 9.97 Å². The van der Waals surface area contributed by atoms with Crippen molar-refractivity contribution in [1.82, 2.24) is 15.0 Å². The summed E-state index contributed by atoms with van der Waals surface area (Å²) in [5.74, 6) is 0. The summed E-state index contributed by atoms with van der Waals surface area (Å²) in [7, 11) is 0. The molecule has 0 atom stereocenters. The van der Waals surface area contributed by atoms with Gasteiger partial charge >= 0.3 is 0 Å². The zero-order valence-corrected chi connectivity index (χ0v) is 27.2. The maximum Gasteiger partial charge on any atom is 0.0795 e. The third-order valence-corrected chi connectivity index (χ3v) is 9.40. The summed E-state index contributed by atoms with van der Waals surface area (Å²) in [6.45, 7) is 0. The molecule has 0 saturated heterocycles. The Morgan fingerprint density at radius 3 is 1.58 bits per heavy atom. The maximum absolute atomic E-state index is 5.19. The topological polar surface area (TPSA) is 38.7 Å². The molecule has 0 bridgehead atoms. The molecule has 0 aliphatic carbocycles. The molecule has 0 aliphatic rings. The SMILES string of the molecule is c1ccc(-c2ccc(-c3ccc4nc(-c5ccc(-c6ccccc6)cc5)cc(-c5ccc(-c6cccc7cccnc67)nc5)c4c3)cc2)cc1. The zero-order valence-electron chi connectivity index (χ0n) is 27.2. The van der Waals surface area contributed by atoms with Crippen molar-refractivity contribution < 1.29 is 0 Å². The zero-order chi connectivity index (χ0) is 33.3. The number of aromatic nitrogens is 3. The Morgan fingerprint density at radius 1 is 0.340 bits per heavy atom. The van der Waals surface area contributed by atoms with Gasteiger partial charge in [0.25, 0.3) is 0 Å². The quantitative estimate of drug-likeness (QED) is 0.182. The van der Waals surface area contributed by atoms with Gasteiger partial charge in [-0.25, -0.2) is 4.98 Å². The highest BCUT2D eigenvalue weighted by Gasteiger charge is 2.14. The van der Waals surface area contributed by atoms with Gasteiger partial charge in [0.1, 0.15) is 0 Å². The van der Waals surface area contributed by atoms with Crippen molar-refractivity contribution in [2.75, 3.05) is 0 Å². The second-order valence-electron chi connectivity index (χ2n) is 12.5. The predicted octanol–water partition coefficient (Wildman–Crippen LogP) is 12.2. The van der Waals surface area contributed by atoms with Gasteiger partial charge in [0, 0.05) is 39.9 Å². The molecule has 3 nitrogen and oxygen atoms in total. The second kappa shape index (κ2) is 12.7. The molecule has 6 aromatic carbocycles. The highest BCUT2D eigenvalue weighted by atomic mass is 14.7. The Hall–Kier alpha value is -6.71. The molecule has 3 aromatic heterocycles. The summed E-state index contributed by atoms with van der Waals surface area (Å²) in [6.07, 6.45) is 3.82. The van der Waals surface area contributed by atoms with Crippen LogP contribution in [0.15, 0.2) is 188 Å². The molecule has 0 N–H and O–H groups in total. The lowest BCUT2D eigenvalue weighted by molar-refractivity contribution is 1.32. The van der Waals surface area contributed by atoms with Crippen LogP contribution in [0.4, 0.5) is 0 Å². The molecule has 0 aliphatic heterocycles. The van der Waals surface area contributed by atoms with Crippen molar-refractivity contribution in [1.29, 1.82) is 0 Å². The maximum atomic E-state index is 5.19. The molecule has 9 aromatic rings. The number of hydrogen-bond donors (Lipinski definition) is 0. The molecule has 0 fully saturated rings. The lowest BCUT2D eigenvalue weighted by atomic mass is 9.94. The van der Waals surface area contributed by atoms with Gasteiger partial charge in [-0.1, -0.05) is 146 Å². The Labute approximate surface area is 291 Å². The normalized spacial score (nSPS) is 11.2. The van der Waals surface area contributed by atoms with Crippen molar-refractivity contribution in [3.8, 4) is 67.0 Å². The van der Waals surface area contributed by atoms with Crippen molar-refractivity contribution >= 4 is 21.8 Å². The molecular formula is C47H31N3. The first-order valence-electron chi connectivity index (χ1n) is 16.8. The molecule has 0 saturated carbocycles. The van der Waals surface area contributed by atoms with Gasteiger partial charge in [0.05, 0.1) is 22.4 Å². The van der Waals surface area contributed by atoms with E-state index in [1.807, 2.05) is 30.6 Å².